The number of amides is 1. The van der Waals surface area contributed by atoms with Gasteiger partial charge in [-0.2, -0.15) is 4.31 Å². The van der Waals surface area contributed by atoms with Crippen molar-refractivity contribution in [2.75, 3.05) is 11.9 Å². The predicted octanol–water partition coefficient (Wildman–Crippen LogP) is 3.30. The second-order valence-corrected chi connectivity index (χ2v) is 9.83. The summed E-state index contributed by atoms with van der Waals surface area (Å²) in [5, 5.41) is 2.83. The molecular weight excluding hydrogens is 400 g/mol. The van der Waals surface area contributed by atoms with Crippen molar-refractivity contribution < 1.29 is 18.0 Å². The summed E-state index contributed by atoms with van der Waals surface area (Å²) in [4.78, 5) is 25.6. The summed E-state index contributed by atoms with van der Waals surface area (Å²) in [5.41, 5.74) is 3.13. The molecule has 1 saturated heterocycles. The van der Waals surface area contributed by atoms with Crippen LogP contribution >= 0.6 is 0 Å². The van der Waals surface area contributed by atoms with E-state index in [2.05, 4.69) is 5.32 Å². The van der Waals surface area contributed by atoms with Gasteiger partial charge in [0.15, 0.2) is 5.78 Å². The minimum Gasteiger partial charge on any atom is -0.325 e. The average Bonchev–Trinajstić information content (AvgIpc) is 3.01. The Morgan fingerprint density at radius 1 is 1.00 bits per heavy atom. The van der Waals surface area contributed by atoms with Crippen molar-refractivity contribution in [2.24, 2.45) is 5.92 Å². The molecule has 1 N–H and O–H groups in total. The third-order valence-electron chi connectivity index (χ3n) is 5.96. The van der Waals surface area contributed by atoms with Gasteiger partial charge >= 0.3 is 0 Å². The second-order valence-electron chi connectivity index (χ2n) is 7.94. The zero-order valence-electron chi connectivity index (χ0n) is 17.0. The number of sulfonamides is 1. The number of allylic oxidation sites excluding steroid dienone is 1. The molecule has 0 bridgehead atoms. The lowest BCUT2D eigenvalue weighted by atomic mass is 9.89. The van der Waals surface area contributed by atoms with Crippen LogP contribution in [0.25, 0.3) is 0 Å². The normalized spacial score (nSPS) is 22.1. The molecule has 0 radical (unpaired) electrons. The van der Waals surface area contributed by atoms with Crippen LogP contribution in [0.2, 0.25) is 0 Å². The lowest BCUT2D eigenvalue weighted by molar-refractivity contribution is -0.120. The predicted molar refractivity (Wildman–Crippen MR) is 114 cm³/mol. The molecule has 2 aromatic rings. The van der Waals surface area contributed by atoms with Crippen molar-refractivity contribution in [3.05, 3.63) is 71.3 Å². The Hall–Kier alpha value is -2.77. The lowest BCUT2D eigenvalue weighted by Gasteiger charge is -2.38. The van der Waals surface area contributed by atoms with Crippen LogP contribution in [0.3, 0.4) is 0 Å². The molecule has 1 aliphatic heterocycles. The zero-order chi connectivity index (χ0) is 21.5. The van der Waals surface area contributed by atoms with E-state index in [-0.39, 0.29) is 29.6 Å². The lowest BCUT2D eigenvalue weighted by Crippen LogP contribution is -2.52. The fourth-order valence-electron chi connectivity index (χ4n) is 4.22. The summed E-state index contributed by atoms with van der Waals surface area (Å²) < 4.78 is 28.2. The van der Waals surface area contributed by atoms with Crippen LogP contribution in [0, 0.1) is 12.8 Å². The molecule has 7 heteroatoms. The highest BCUT2D eigenvalue weighted by Gasteiger charge is 2.46. The van der Waals surface area contributed by atoms with E-state index in [9.17, 15) is 18.0 Å². The Bertz CT molecular complexity index is 1120. The van der Waals surface area contributed by atoms with Gasteiger partial charge < -0.3 is 5.32 Å². The minimum atomic E-state index is -3.90. The van der Waals surface area contributed by atoms with Gasteiger partial charge in [0.05, 0.1) is 4.90 Å². The summed E-state index contributed by atoms with van der Waals surface area (Å²) in [5.74, 6) is -0.528. The monoisotopic (exact) mass is 424 g/mol. The molecule has 0 saturated carbocycles. The zero-order valence-corrected chi connectivity index (χ0v) is 17.8. The molecule has 6 nitrogen and oxygen atoms in total. The van der Waals surface area contributed by atoms with Crippen LogP contribution in [0.1, 0.15) is 25.3 Å². The number of anilines is 1. The van der Waals surface area contributed by atoms with Gasteiger partial charge in [-0.15, -0.1) is 0 Å². The molecule has 4 rings (SSSR count). The van der Waals surface area contributed by atoms with Gasteiger partial charge in [0, 0.05) is 24.6 Å². The number of rotatable bonds is 4. The number of Topliss-reactive ketones (excluding diaryl/α,β-unsaturated/α-hetero) is 1. The molecule has 1 heterocycles. The molecule has 1 fully saturated rings. The first-order valence-electron chi connectivity index (χ1n) is 9.94. The molecule has 156 valence electrons. The molecule has 2 aliphatic rings. The van der Waals surface area contributed by atoms with Crippen molar-refractivity contribution >= 4 is 27.4 Å². The summed E-state index contributed by atoms with van der Waals surface area (Å²) >= 11 is 0. The Balaban J connectivity index is 1.71. The van der Waals surface area contributed by atoms with E-state index < -0.39 is 22.0 Å². The number of nitrogens with one attached hydrogen (secondary N) is 1. The number of carbonyl (C=O) groups excluding carboxylic acids is 2. The van der Waals surface area contributed by atoms with Gasteiger partial charge in [0.1, 0.15) is 6.04 Å². The largest absolute Gasteiger partial charge is 0.325 e. The van der Waals surface area contributed by atoms with E-state index in [1.165, 1.54) is 4.31 Å². The van der Waals surface area contributed by atoms with E-state index >= 15 is 0 Å². The van der Waals surface area contributed by atoms with Crippen molar-refractivity contribution in [1.82, 2.24) is 4.31 Å². The Labute approximate surface area is 176 Å². The number of nitrogens with zero attached hydrogens (tertiary/aromatic N) is 1. The standard InChI is InChI=1S/C23H24N2O4S/c1-15-8-10-19(11-9-15)30(28,29)25-14-17-12-22(26)16(2)20(17)13-21(25)23(27)24-18-6-4-3-5-7-18/h3-11,17,21H,12-14H2,1-2H3,(H,24,27)/t17-,21-/m0/s1. The van der Waals surface area contributed by atoms with Crippen LogP contribution in [0.15, 0.2) is 70.6 Å². The van der Waals surface area contributed by atoms with Gasteiger partial charge in [-0.25, -0.2) is 8.42 Å². The molecule has 2 atom stereocenters. The molecule has 0 unspecified atom stereocenters. The Kier molecular flexibility index (Phi) is 5.34. The van der Waals surface area contributed by atoms with Gasteiger partial charge in [0.25, 0.3) is 0 Å². The molecule has 0 spiro atoms. The third-order valence-corrected chi connectivity index (χ3v) is 7.85. The minimum absolute atomic E-state index is 0.0341. The highest BCUT2D eigenvalue weighted by atomic mass is 32.2. The number of hydrogen-bond acceptors (Lipinski definition) is 4. The second kappa shape index (κ2) is 7.81. The van der Waals surface area contributed by atoms with Gasteiger partial charge in [0.2, 0.25) is 15.9 Å². The Morgan fingerprint density at radius 2 is 1.67 bits per heavy atom. The molecule has 0 aromatic heterocycles. The van der Waals surface area contributed by atoms with E-state index in [4.69, 9.17) is 0 Å². The number of piperidine rings is 1. The van der Waals surface area contributed by atoms with Crippen molar-refractivity contribution in [1.29, 1.82) is 0 Å². The number of benzene rings is 2. The number of fused-ring (bicyclic) bond motifs is 1. The smallest absolute Gasteiger partial charge is 0.243 e. The van der Waals surface area contributed by atoms with Crippen LogP contribution in [-0.2, 0) is 19.6 Å². The number of ketones is 1. The topological polar surface area (TPSA) is 83.6 Å². The van der Waals surface area contributed by atoms with E-state index in [0.29, 0.717) is 17.7 Å². The first-order chi connectivity index (χ1) is 14.3. The highest BCUT2D eigenvalue weighted by Crippen LogP contribution is 2.40. The molecule has 30 heavy (non-hydrogen) atoms. The maximum atomic E-state index is 13.5. The fourth-order valence-corrected chi connectivity index (χ4v) is 5.85. The quantitative estimate of drug-likeness (QED) is 0.816. The fraction of sp³-hybridized carbons (Fsp3) is 0.304. The van der Waals surface area contributed by atoms with E-state index in [1.54, 1.807) is 55.5 Å². The van der Waals surface area contributed by atoms with Gasteiger partial charge in [-0.05, 0) is 50.1 Å². The maximum absolute atomic E-state index is 13.5. The Morgan fingerprint density at radius 3 is 2.33 bits per heavy atom. The van der Waals surface area contributed by atoms with Gasteiger partial charge in [-0.1, -0.05) is 41.5 Å². The van der Waals surface area contributed by atoms with Gasteiger partial charge in [-0.3, -0.25) is 9.59 Å². The highest BCUT2D eigenvalue weighted by molar-refractivity contribution is 7.89. The number of aryl methyl sites for hydroxylation is 1. The molecule has 2 aromatic carbocycles. The van der Waals surface area contributed by atoms with Crippen molar-refractivity contribution in [3.63, 3.8) is 0 Å². The first-order valence-corrected chi connectivity index (χ1v) is 11.4. The number of hydrogen-bond donors (Lipinski definition) is 1. The molecule has 1 aliphatic carbocycles. The summed E-state index contributed by atoms with van der Waals surface area (Å²) in [6, 6.07) is 14.6. The van der Waals surface area contributed by atoms with Crippen molar-refractivity contribution in [3.8, 4) is 0 Å². The summed E-state index contributed by atoms with van der Waals surface area (Å²) in [6.07, 6.45) is 0.528. The number of carbonyl (C=O) groups is 2. The molecule has 1 amide bonds. The van der Waals surface area contributed by atoms with E-state index in [1.807, 2.05) is 13.0 Å². The van der Waals surface area contributed by atoms with Crippen LogP contribution < -0.4 is 5.32 Å². The SMILES string of the molecule is CC1=C2C[C@@H](C(=O)Nc3ccccc3)N(S(=O)(=O)c3ccc(C)cc3)C[C@@H]2CC1=O. The summed E-state index contributed by atoms with van der Waals surface area (Å²) in [6.45, 7) is 3.78. The van der Waals surface area contributed by atoms with Crippen LogP contribution in [0.5, 0.6) is 0 Å². The third kappa shape index (κ3) is 3.70. The van der Waals surface area contributed by atoms with E-state index in [0.717, 1.165) is 11.1 Å². The maximum Gasteiger partial charge on any atom is 0.243 e. The number of para-hydroxylation sites is 1. The van der Waals surface area contributed by atoms with Crippen LogP contribution in [-0.4, -0.2) is 37.0 Å². The molecular formula is C23H24N2O4S. The van der Waals surface area contributed by atoms with Crippen LogP contribution in [0.4, 0.5) is 5.69 Å². The summed E-state index contributed by atoms with van der Waals surface area (Å²) in [7, 11) is -3.90. The average molecular weight is 425 g/mol. The first kappa shape index (κ1) is 20.5. The van der Waals surface area contributed by atoms with Crippen molar-refractivity contribution in [2.45, 2.75) is 37.6 Å².